The van der Waals surface area contributed by atoms with E-state index in [-0.39, 0.29) is 5.56 Å². The number of hydrogen-bond donors (Lipinski definition) is 1. The molecule has 0 bridgehead atoms. The molecule has 2 aromatic heterocycles. The van der Waals surface area contributed by atoms with Crippen LogP contribution in [-0.2, 0) is 0 Å². The molecule has 0 saturated carbocycles. The molecule has 3 rings (SSSR count). The van der Waals surface area contributed by atoms with Gasteiger partial charge in [-0.05, 0) is 24.3 Å². The van der Waals surface area contributed by atoms with E-state index in [9.17, 15) is 4.79 Å². The SMILES string of the molecule is C#CCSc1nc2c(cnn2-c2ccc(Cl)cc2)c(=O)[nH]1. The number of rotatable bonds is 3. The molecule has 0 aliphatic rings. The molecule has 5 nitrogen and oxygen atoms in total. The molecule has 104 valence electrons. The van der Waals surface area contributed by atoms with E-state index in [0.717, 1.165) is 5.69 Å². The van der Waals surface area contributed by atoms with Crippen molar-refractivity contribution >= 4 is 34.4 Å². The van der Waals surface area contributed by atoms with Crippen molar-refractivity contribution < 1.29 is 0 Å². The maximum atomic E-state index is 12.0. The minimum atomic E-state index is -0.236. The number of nitrogens with zero attached hydrogens (tertiary/aromatic N) is 3. The number of benzene rings is 1. The van der Waals surface area contributed by atoms with E-state index < -0.39 is 0 Å². The van der Waals surface area contributed by atoms with Crippen molar-refractivity contribution in [2.75, 3.05) is 5.75 Å². The average Bonchev–Trinajstić information content (AvgIpc) is 2.90. The lowest BCUT2D eigenvalue weighted by molar-refractivity contribution is 0.873. The van der Waals surface area contributed by atoms with Crippen LogP contribution >= 0.6 is 23.4 Å². The summed E-state index contributed by atoms with van der Waals surface area (Å²) in [6, 6.07) is 7.13. The molecule has 1 aromatic carbocycles. The van der Waals surface area contributed by atoms with Crippen molar-refractivity contribution in [1.82, 2.24) is 19.7 Å². The Labute approximate surface area is 129 Å². The fourth-order valence-corrected chi connectivity index (χ4v) is 2.51. The number of halogens is 1. The van der Waals surface area contributed by atoms with Crippen LogP contribution in [0.1, 0.15) is 0 Å². The summed E-state index contributed by atoms with van der Waals surface area (Å²) < 4.78 is 1.60. The molecule has 2 heterocycles. The quantitative estimate of drug-likeness (QED) is 0.458. The highest BCUT2D eigenvalue weighted by Crippen LogP contribution is 2.18. The molecular weight excluding hydrogens is 308 g/mol. The van der Waals surface area contributed by atoms with Crippen LogP contribution in [0.5, 0.6) is 0 Å². The van der Waals surface area contributed by atoms with E-state index in [1.165, 1.54) is 18.0 Å². The average molecular weight is 317 g/mol. The lowest BCUT2D eigenvalue weighted by Crippen LogP contribution is -2.09. The fourth-order valence-electron chi connectivity index (χ4n) is 1.85. The largest absolute Gasteiger partial charge is 0.301 e. The summed E-state index contributed by atoms with van der Waals surface area (Å²) in [5, 5.41) is 5.75. The van der Waals surface area contributed by atoms with Gasteiger partial charge in [0.1, 0.15) is 5.39 Å². The van der Waals surface area contributed by atoms with Gasteiger partial charge in [0, 0.05) is 5.02 Å². The summed E-state index contributed by atoms with van der Waals surface area (Å²) in [5.74, 6) is 2.93. The zero-order valence-corrected chi connectivity index (χ0v) is 12.3. The lowest BCUT2D eigenvalue weighted by Gasteiger charge is -2.03. The molecule has 0 fully saturated rings. The molecule has 0 saturated heterocycles. The topological polar surface area (TPSA) is 63.6 Å². The molecule has 7 heteroatoms. The number of fused-ring (bicyclic) bond motifs is 1. The molecule has 0 aliphatic carbocycles. The molecule has 0 unspecified atom stereocenters. The molecule has 0 radical (unpaired) electrons. The van der Waals surface area contributed by atoms with Crippen molar-refractivity contribution in [2.45, 2.75) is 5.16 Å². The van der Waals surface area contributed by atoms with E-state index >= 15 is 0 Å². The number of nitrogens with one attached hydrogen (secondary N) is 1. The molecular formula is C14H9ClN4OS. The molecule has 1 N–H and O–H groups in total. The smallest absolute Gasteiger partial charge is 0.262 e. The van der Waals surface area contributed by atoms with Crippen LogP contribution < -0.4 is 5.56 Å². The maximum absolute atomic E-state index is 12.0. The first-order chi connectivity index (χ1) is 10.2. The van der Waals surface area contributed by atoms with Crippen molar-refractivity contribution in [3.8, 4) is 18.0 Å². The van der Waals surface area contributed by atoms with E-state index in [4.69, 9.17) is 18.0 Å². The third kappa shape index (κ3) is 2.66. The third-order valence-electron chi connectivity index (χ3n) is 2.78. The Hall–Kier alpha value is -2.23. The van der Waals surface area contributed by atoms with Crippen molar-refractivity contribution in [1.29, 1.82) is 0 Å². The highest BCUT2D eigenvalue weighted by Gasteiger charge is 2.11. The van der Waals surface area contributed by atoms with Gasteiger partial charge in [-0.2, -0.15) is 5.10 Å². The molecule has 0 spiro atoms. The van der Waals surface area contributed by atoms with E-state index in [2.05, 4.69) is 21.0 Å². The Morgan fingerprint density at radius 1 is 1.38 bits per heavy atom. The lowest BCUT2D eigenvalue weighted by atomic mass is 10.3. The van der Waals surface area contributed by atoms with Gasteiger partial charge < -0.3 is 4.98 Å². The Balaban J connectivity index is 2.16. The summed E-state index contributed by atoms with van der Waals surface area (Å²) in [4.78, 5) is 19.1. The zero-order valence-electron chi connectivity index (χ0n) is 10.7. The van der Waals surface area contributed by atoms with Gasteiger partial charge in [-0.1, -0.05) is 29.3 Å². The van der Waals surface area contributed by atoms with E-state index in [0.29, 0.717) is 27.0 Å². The van der Waals surface area contributed by atoms with Gasteiger partial charge in [0.05, 0.1) is 17.6 Å². The molecule has 0 aliphatic heterocycles. The van der Waals surface area contributed by atoms with Crippen LogP contribution in [0.4, 0.5) is 0 Å². The number of terminal acetylenes is 1. The minimum Gasteiger partial charge on any atom is -0.301 e. The second kappa shape index (κ2) is 5.64. The van der Waals surface area contributed by atoms with E-state index in [1.807, 2.05) is 12.1 Å². The number of hydrogen-bond acceptors (Lipinski definition) is 4. The first kappa shape index (κ1) is 13.7. The van der Waals surface area contributed by atoms with Crippen molar-refractivity contribution in [2.24, 2.45) is 0 Å². The summed E-state index contributed by atoms with van der Waals surface area (Å²) in [5.41, 5.74) is 1.03. The predicted octanol–water partition coefficient (Wildman–Crippen LogP) is 2.49. The highest BCUT2D eigenvalue weighted by atomic mass is 35.5. The highest BCUT2D eigenvalue weighted by molar-refractivity contribution is 7.99. The van der Waals surface area contributed by atoms with Gasteiger partial charge in [0.25, 0.3) is 5.56 Å². The van der Waals surface area contributed by atoms with Crippen LogP contribution in [0.3, 0.4) is 0 Å². The number of aromatic nitrogens is 4. The van der Waals surface area contributed by atoms with Crippen LogP contribution in [0, 0.1) is 12.3 Å². The van der Waals surface area contributed by atoms with Crippen LogP contribution in [-0.4, -0.2) is 25.5 Å². The summed E-state index contributed by atoms with van der Waals surface area (Å²) in [6.07, 6.45) is 6.71. The van der Waals surface area contributed by atoms with Crippen molar-refractivity contribution in [3.63, 3.8) is 0 Å². The number of H-pyrrole nitrogens is 1. The second-order valence-electron chi connectivity index (χ2n) is 4.13. The Morgan fingerprint density at radius 2 is 2.14 bits per heavy atom. The predicted molar refractivity (Wildman–Crippen MR) is 84.1 cm³/mol. The Morgan fingerprint density at radius 3 is 2.86 bits per heavy atom. The van der Waals surface area contributed by atoms with Crippen LogP contribution in [0.15, 0.2) is 40.4 Å². The normalized spacial score (nSPS) is 10.7. The maximum Gasteiger partial charge on any atom is 0.262 e. The third-order valence-corrected chi connectivity index (χ3v) is 3.81. The summed E-state index contributed by atoms with van der Waals surface area (Å²) in [7, 11) is 0. The first-order valence-corrected chi connectivity index (χ1v) is 7.35. The van der Waals surface area contributed by atoms with Gasteiger partial charge in [0.15, 0.2) is 10.8 Å². The molecule has 21 heavy (non-hydrogen) atoms. The van der Waals surface area contributed by atoms with Gasteiger partial charge in [0.2, 0.25) is 0 Å². The van der Waals surface area contributed by atoms with Gasteiger partial charge in [-0.3, -0.25) is 4.79 Å². The summed E-state index contributed by atoms with van der Waals surface area (Å²) in [6.45, 7) is 0. The number of aromatic amines is 1. The second-order valence-corrected chi connectivity index (χ2v) is 5.53. The van der Waals surface area contributed by atoms with Crippen molar-refractivity contribution in [3.05, 3.63) is 45.8 Å². The van der Waals surface area contributed by atoms with Gasteiger partial charge >= 0.3 is 0 Å². The fraction of sp³-hybridized carbons (Fsp3) is 0.0714. The van der Waals surface area contributed by atoms with Crippen LogP contribution in [0.2, 0.25) is 5.02 Å². The van der Waals surface area contributed by atoms with Gasteiger partial charge in [-0.25, -0.2) is 9.67 Å². The Bertz CT molecular complexity index is 892. The minimum absolute atomic E-state index is 0.236. The zero-order chi connectivity index (χ0) is 14.8. The number of thioether (sulfide) groups is 1. The summed E-state index contributed by atoms with van der Waals surface area (Å²) >= 11 is 7.17. The van der Waals surface area contributed by atoms with Crippen LogP contribution in [0.25, 0.3) is 16.7 Å². The molecule has 0 amide bonds. The Kier molecular flexibility index (Phi) is 3.69. The standard InChI is InChI=1S/C14H9ClN4OS/c1-2-7-21-14-17-12-11(13(20)18-14)8-16-19(12)10-5-3-9(15)4-6-10/h1,3-6,8H,7H2,(H,17,18,20). The van der Waals surface area contributed by atoms with Gasteiger partial charge in [-0.15, -0.1) is 6.42 Å². The first-order valence-electron chi connectivity index (χ1n) is 5.99. The monoisotopic (exact) mass is 316 g/mol. The molecule has 0 atom stereocenters. The molecule has 3 aromatic rings. The van der Waals surface area contributed by atoms with E-state index in [1.54, 1.807) is 16.8 Å².